The second kappa shape index (κ2) is 4.87. The lowest BCUT2D eigenvalue weighted by Crippen LogP contribution is -2.34. The molecule has 0 radical (unpaired) electrons. The Hall–Kier alpha value is -1.03. The zero-order chi connectivity index (χ0) is 11.5. The van der Waals surface area contributed by atoms with Gasteiger partial charge < -0.3 is 9.64 Å². The van der Waals surface area contributed by atoms with Crippen LogP contribution in [0.5, 0.6) is 5.75 Å². The highest BCUT2D eigenvalue weighted by Gasteiger charge is 2.17. The maximum absolute atomic E-state index is 7.94. The van der Waals surface area contributed by atoms with Gasteiger partial charge in [-0.15, -0.1) is 0 Å². The Labute approximate surface area is 104 Å². The van der Waals surface area contributed by atoms with Gasteiger partial charge in [-0.25, -0.2) is 0 Å². The summed E-state index contributed by atoms with van der Waals surface area (Å²) in [5.74, 6) is 1.52. The average molecular weight is 283 g/mol. The van der Waals surface area contributed by atoms with Gasteiger partial charge in [0.15, 0.2) is 0 Å². The number of nitrogens with one attached hydrogen (secondary N) is 1. The summed E-state index contributed by atoms with van der Waals surface area (Å²) in [7, 11) is 1.66. The van der Waals surface area contributed by atoms with Crippen LogP contribution >= 0.6 is 15.9 Å². The van der Waals surface area contributed by atoms with Crippen molar-refractivity contribution in [3.05, 3.63) is 22.7 Å². The first kappa shape index (κ1) is 11.5. The number of piperidine rings is 1. The van der Waals surface area contributed by atoms with Crippen molar-refractivity contribution in [1.82, 2.24) is 0 Å². The zero-order valence-electron chi connectivity index (χ0n) is 9.29. The minimum atomic E-state index is 0.704. The van der Waals surface area contributed by atoms with E-state index in [0.717, 1.165) is 41.7 Å². The maximum atomic E-state index is 7.94. The second-order valence-electron chi connectivity index (χ2n) is 3.87. The third-order valence-electron chi connectivity index (χ3n) is 2.82. The minimum absolute atomic E-state index is 0.704. The Morgan fingerprint density at radius 3 is 2.88 bits per heavy atom. The van der Waals surface area contributed by atoms with Crippen molar-refractivity contribution in [3.8, 4) is 5.75 Å². The molecule has 1 heterocycles. The molecule has 1 aromatic rings. The molecule has 0 saturated carbocycles. The fraction of sp³-hybridized carbons (Fsp3) is 0.417. The molecule has 86 valence electrons. The highest BCUT2D eigenvalue weighted by atomic mass is 79.9. The predicted octanol–water partition coefficient (Wildman–Crippen LogP) is 3.43. The average Bonchev–Trinajstić information content (AvgIpc) is 2.31. The topological polar surface area (TPSA) is 36.3 Å². The van der Waals surface area contributed by atoms with Crippen LogP contribution in [0.1, 0.15) is 19.3 Å². The van der Waals surface area contributed by atoms with Crippen LogP contribution in [0, 0.1) is 5.41 Å². The summed E-state index contributed by atoms with van der Waals surface area (Å²) in [6.07, 6.45) is 3.15. The summed E-state index contributed by atoms with van der Waals surface area (Å²) >= 11 is 3.43. The third kappa shape index (κ3) is 2.21. The van der Waals surface area contributed by atoms with E-state index in [1.54, 1.807) is 7.11 Å². The highest BCUT2D eigenvalue weighted by Crippen LogP contribution is 2.31. The number of halogens is 1. The summed E-state index contributed by atoms with van der Waals surface area (Å²) in [6.45, 7) is 0.934. The Balaban J connectivity index is 2.29. The monoisotopic (exact) mass is 282 g/mol. The molecule has 0 amide bonds. The standard InChI is InChI=1S/C12H15BrN2O/c1-16-11-8-9(5-6-10(11)13)15-7-3-2-4-12(15)14/h5-6,8,14H,2-4,7H2,1H3. The molecule has 0 bridgehead atoms. The van der Waals surface area contributed by atoms with Gasteiger partial charge in [-0.05, 0) is 40.9 Å². The van der Waals surface area contributed by atoms with Crippen molar-refractivity contribution in [2.75, 3.05) is 18.6 Å². The van der Waals surface area contributed by atoms with Crippen molar-refractivity contribution in [2.24, 2.45) is 0 Å². The number of rotatable bonds is 2. The predicted molar refractivity (Wildman–Crippen MR) is 69.6 cm³/mol. The number of hydrogen-bond acceptors (Lipinski definition) is 2. The van der Waals surface area contributed by atoms with Gasteiger partial charge in [0.25, 0.3) is 0 Å². The van der Waals surface area contributed by atoms with Crippen LogP contribution in [0.15, 0.2) is 22.7 Å². The molecule has 1 aromatic carbocycles. The van der Waals surface area contributed by atoms with Gasteiger partial charge >= 0.3 is 0 Å². The number of amidine groups is 1. The molecule has 0 aromatic heterocycles. The molecule has 4 heteroatoms. The first-order chi connectivity index (χ1) is 7.72. The SMILES string of the molecule is COc1cc(N2CCCCC2=N)ccc1Br. The minimum Gasteiger partial charge on any atom is -0.495 e. The molecule has 1 saturated heterocycles. The fourth-order valence-electron chi connectivity index (χ4n) is 1.93. The molecule has 1 fully saturated rings. The Morgan fingerprint density at radius 1 is 1.38 bits per heavy atom. The molecule has 16 heavy (non-hydrogen) atoms. The fourth-order valence-corrected chi connectivity index (χ4v) is 2.34. The quantitative estimate of drug-likeness (QED) is 0.902. The normalized spacial score (nSPS) is 16.4. The van der Waals surface area contributed by atoms with Gasteiger partial charge in [0, 0.05) is 24.7 Å². The van der Waals surface area contributed by atoms with E-state index in [9.17, 15) is 0 Å². The molecule has 1 N–H and O–H groups in total. The van der Waals surface area contributed by atoms with E-state index in [-0.39, 0.29) is 0 Å². The summed E-state index contributed by atoms with van der Waals surface area (Å²) < 4.78 is 6.21. The van der Waals surface area contributed by atoms with Crippen molar-refractivity contribution in [2.45, 2.75) is 19.3 Å². The smallest absolute Gasteiger partial charge is 0.135 e. The van der Waals surface area contributed by atoms with Crippen molar-refractivity contribution in [1.29, 1.82) is 5.41 Å². The Bertz CT molecular complexity index is 406. The molecular formula is C12H15BrN2O. The zero-order valence-corrected chi connectivity index (χ0v) is 10.9. The molecular weight excluding hydrogens is 268 g/mol. The number of anilines is 1. The lowest BCUT2D eigenvalue weighted by molar-refractivity contribution is 0.412. The summed E-state index contributed by atoms with van der Waals surface area (Å²) in [6, 6.07) is 5.96. The Kier molecular flexibility index (Phi) is 3.49. The highest BCUT2D eigenvalue weighted by molar-refractivity contribution is 9.10. The van der Waals surface area contributed by atoms with Crippen molar-refractivity contribution in [3.63, 3.8) is 0 Å². The van der Waals surface area contributed by atoms with Crippen LogP contribution in [-0.2, 0) is 0 Å². The van der Waals surface area contributed by atoms with Crippen LogP contribution in [0.4, 0.5) is 5.69 Å². The van der Waals surface area contributed by atoms with Gasteiger partial charge in [-0.3, -0.25) is 5.41 Å². The van der Waals surface area contributed by atoms with E-state index < -0.39 is 0 Å². The van der Waals surface area contributed by atoms with Gasteiger partial charge in [-0.2, -0.15) is 0 Å². The van der Waals surface area contributed by atoms with E-state index in [2.05, 4.69) is 20.8 Å². The van der Waals surface area contributed by atoms with Crippen molar-refractivity contribution < 1.29 is 4.74 Å². The molecule has 1 aliphatic rings. The van der Waals surface area contributed by atoms with E-state index in [1.807, 2.05) is 18.2 Å². The van der Waals surface area contributed by atoms with Crippen molar-refractivity contribution >= 4 is 27.5 Å². The maximum Gasteiger partial charge on any atom is 0.135 e. The lowest BCUT2D eigenvalue weighted by atomic mass is 10.1. The van der Waals surface area contributed by atoms with Crippen LogP contribution in [-0.4, -0.2) is 19.5 Å². The number of nitrogens with zero attached hydrogens (tertiary/aromatic N) is 1. The van der Waals surface area contributed by atoms with Gasteiger partial charge in [0.2, 0.25) is 0 Å². The Morgan fingerprint density at radius 2 is 2.19 bits per heavy atom. The molecule has 0 unspecified atom stereocenters. The molecule has 0 atom stereocenters. The summed E-state index contributed by atoms with van der Waals surface area (Å²) in [5.41, 5.74) is 1.05. The van der Waals surface area contributed by atoms with Gasteiger partial charge in [-0.1, -0.05) is 0 Å². The van der Waals surface area contributed by atoms with E-state index in [1.165, 1.54) is 0 Å². The van der Waals surface area contributed by atoms with Crippen LogP contribution in [0.3, 0.4) is 0 Å². The number of ether oxygens (including phenoxy) is 1. The lowest BCUT2D eigenvalue weighted by Gasteiger charge is -2.29. The molecule has 1 aliphatic heterocycles. The second-order valence-corrected chi connectivity index (χ2v) is 4.73. The molecule has 2 rings (SSSR count). The van der Waals surface area contributed by atoms with E-state index in [4.69, 9.17) is 10.1 Å². The van der Waals surface area contributed by atoms with E-state index in [0.29, 0.717) is 5.84 Å². The number of benzene rings is 1. The van der Waals surface area contributed by atoms with Gasteiger partial charge in [0.1, 0.15) is 11.6 Å². The summed E-state index contributed by atoms with van der Waals surface area (Å²) in [5, 5.41) is 7.94. The van der Waals surface area contributed by atoms with Crippen LogP contribution in [0.25, 0.3) is 0 Å². The number of methoxy groups -OCH3 is 1. The van der Waals surface area contributed by atoms with Gasteiger partial charge in [0.05, 0.1) is 11.6 Å². The third-order valence-corrected chi connectivity index (χ3v) is 3.47. The molecule has 0 aliphatic carbocycles. The number of hydrogen-bond donors (Lipinski definition) is 1. The first-order valence-electron chi connectivity index (χ1n) is 5.41. The molecule has 0 spiro atoms. The largest absolute Gasteiger partial charge is 0.495 e. The molecule has 3 nitrogen and oxygen atoms in total. The van der Waals surface area contributed by atoms with E-state index >= 15 is 0 Å². The van der Waals surface area contributed by atoms with Crippen LogP contribution in [0.2, 0.25) is 0 Å². The van der Waals surface area contributed by atoms with Crippen LogP contribution < -0.4 is 9.64 Å². The summed E-state index contributed by atoms with van der Waals surface area (Å²) in [4.78, 5) is 2.05. The first-order valence-corrected chi connectivity index (χ1v) is 6.20.